The third-order valence-corrected chi connectivity index (χ3v) is 2.03. The molecule has 0 aromatic carbocycles. The average molecular weight is 169 g/mol. The minimum absolute atomic E-state index is 0.690. The summed E-state index contributed by atoms with van der Waals surface area (Å²) in [5, 5.41) is 0. The van der Waals surface area contributed by atoms with Crippen molar-refractivity contribution in [3.05, 3.63) is 12.2 Å². The third-order valence-electron chi connectivity index (χ3n) is 2.03. The van der Waals surface area contributed by atoms with E-state index in [1.165, 1.54) is 44.9 Å². The highest BCUT2D eigenvalue weighted by Gasteiger charge is 1.87. The highest BCUT2D eigenvalue weighted by atomic mass is 14.5. The van der Waals surface area contributed by atoms with Gasteiger partial charge in [0.15, 0.2) is 0 Å². The van der Waals surface area contributed by atoms with E-state index in [0.717, 1.165) is 0 Å². The fourth-order valence-corrected chi connectivity index (χ4v) is 1.26. The lowest BCUT2D eigenvalue weighted by molar-refractivity contribution is 0.611. The van der Waals surface area contributed by atoms with Gasteiger partial charge in [-0.2, -0.15) is 0 Å². The molecular weight excluding hydrogens is 146 g/mol. The van der Waals surface area contributed by atoms with Crippen LogP contribution in [0.25, 0.3) is 0 Å². The molecule has 72 valence electrons. The molecule has 0 atom stereocenters. The highest BCUT2D eigenvalue weighted by molar-refractivity contribution is 4.81. The summed E-state index contributed by atoms with van der Waals surface area (Å²) in [6.45, 7) is 2.94. The minimum Gasteiger partial charge on any atom is -0.327 e. The van der Waals surface area contributed by atoms with Crippen molar-refractivity contribution in [2.75, 3.05) is 6.54 Å². The summed E-state index contributed by atoms with van der Waals surface area (Å²) in [6.07, 6.45) is 13.7. The van der Waals surface area contributed by atoms with Gasteiger partial charge in [-0.05, 0) is 12.8 Å². The van der Waals surface area contributed by atoms with Gasteiger partial charge < -0.3 is 5.73 Å². The van der Waals surface area contributed by atoms with Crippen LogP contribution in [0.3, 0.4) is 0 Å². The lowest BCUT2D eigenvalue weighted by Gasteiger charge is -1.97. The summed E-state index contributed by atoms with van der Waals surface area (Å²) in [7, 11) is 0. The predicted molar refractivity (Wildman–Crippen MR) is 56.2 cm³/mol. The molecule has 0 aliphatic rings. The van der Waals surface area contributed by atoms with Crippen molar-refractivity contribution in [1.82, 2.24) is 0 Å². The quantitative estimate of drug-likeness (QED) is 0.438. The molecule has 0 aliphatic carbocycles. The van der Waals surface area contributed by atoms with E-state index < -0.39 is 0 Å². The fraction of sp³-hybridized carbons (Fsp3) is 0.818. The first-order valence-electron chi connectivity index (χ1n) is 5.27. The maximum Gasteiger partial charge on any atom is 0.0106 e. The van der Waals surface area contributed by atoms with E-state index in [9.17, 15) is 0 Å². The van der Waals surface area contributed by atoms with Crippen molar-refractivity contribution in [3.8, 4) is 0 Å². The van der Waals surface area contributed by atoms with Gasteiger partial charge in [-0.3, -0.25) is 0 Å². The van der Waals surface area contributed by atoms with Gasteiger partial charge in [-0.1, -0.05) is 51.2 Å². The van der Waals surface area contributed by atoms with Crippen molar-refractivity contribution >= 4 is 0 Å². The molecule has 1 heteroatoms. The van der Waals surface area contributed by atoms with Crippen LogP contribution < -0.4 is 5.73 Å². The topological polar surface area (TPSA) is 26.0 Å². The Labute approximate surface area is 77.0 Å². The number of nitrogens with two attached hydrogens (primary N) is 1. The monoisotopic (exact) mass is 169 g/mol. The van der Waals surface area contributed by atoms with Crippen LogP contribution >= 0.6 is 0 Å². The van der Waals surface area contributed by atoms with Gasteiger partial charge in [-0.25, -0.2) is 0 Å². The maximum atomic E-state index is 5.32. The Hall–Kier alpha value is -0.300. The number of unbranched alkanes of at least 4 members (excludes halogenated alkanes) is 6. The van der Waals surface area contributed by atoms with Gasteiger partial charge in [0.25, 0.3) is 0 Å². The SMILES string of the molecule is CCCCCCCC/C=C/CN. The summed E-state index contributed by atoms with van der Waals surface area (Å²) in [5.41, 5.74) is 5.32. The Morgan fingerprint density at radius 1 is 0.917 bits per heavy atom. The van der Waals surface area contributed by atoms with Gasteiger partial charge in [-0.15, -0.1) is 0 Å². The molecule has 0 fully saturated rings. The highest BCUT2D eigenvalue weighted by Crippen LogP contribution is 2.06. The molecule has 1 nitrogen and oxygen atoms in total. The molecule has 0 heterocycles. The molecular formula is C11H23N. The first-order chi connectivity index (χ1) is 5.91. The van der Waals surface area contributed by atoms with Crippen LogP contribution in [0.15, 0.2) is 12.2 Å². The molecule has 0 radical (unpaired) electrons. The first-order valence-corrected chi connectivity index (χ1v) is 5.27. The number of hydrogen-bond acceptors (Lipinski definition) is 1. The number of allylic oxidation sites excluding steroid dienone is 1. The zero-order valence-corrected chi connectivity index (χ0v) is 8.39. The average Bonchev–Trinajstić information content (AvgIpc) is 2.10. The summed E-state index contributed by atoms with van der Waals surface area (Å²) >= 11 is 0. The van der Waals surface area contributed by atoms with Gasteiger partial charge in [0, 0.05) is 6.54 Å². The largest absolute Gasteiger partial charge is 0.327 e. The van der Waals surface area contributed by atoms with Crippen molar-refractivity contribution in [2.24, 2.45) is 5.73 Å². The van der Waals surface area contributed by atoms with Gasteiger partial charge in [0.2, 0.25) is 0 Å². The van der Waals surface area contributed by atoms with Crippen LogP contribution in [-0.4, -0.2) is 6.54 Å². The van der Waals surface area contributed by atoms with Crippen LogP contribution in [0.4, 0.5) is 0 Å². The second kappa shape index (κ2) is 10.7. The van der Waals surface area contributed by atoms with E-state index in [-0.39, 0.29) is 0 Å². The molecule has 0 rings (SSSR count). The lowest BCUT2D eigenvalue weighted by Crippen LogP contribution is -1.91. The van der Waals surface area contributed by atoms with E-state index in [0.29, 0.717) is 6.54 Å². The van der Waals surface area contributed by atoms with E-state index in [2.05, 4.69) is 13.0 Å². The summed E-state index contributed by atoms with van der Waals surface area (Å²) in [6, 6.07) is 0. The smallest absolute Gasteiger partial charge is 0.0106 e. The normalized spacial score (nSPS) is 11.2. The van der Waals surface area contributed by atoms with Crippen LogP contribution in [0, 0.1) is 0 Å². The molecule has 0 spiro atoms. The molecule has 0 bridgehead atoms. The molecule has 12 heavy (non-hydrogen) atoms. The van der Waals surface area contributed by atoms with Gasteiger partial charge in [0.1, 0.15) is 0 Å². The molecule has 0 saturated carbocycles. The first kappa shape index (κ1) is 11.7. The van der Waals surface area contributed by atoms with E-state index in [4.69, 9.17) is 5.73 Å². The van der Waals surface area contributed by atoms with Crippen LogP contribution in [0.1, 0.15) is 51.9 Å². The molecule has 0 saturated heterocycles. The molecule has 0 amide bonds. The van der Waals surface area contributed by atoms with Crippen LogP contribution in [0.2, 0.25) is 0 Å². The van der Waals surface area contributed by atoms with Crippen molar-refractivity contribution in [3.63, 3.8) is 0 Å². The lowest BCUT2D eigenvalue weighted by atomic mass is 10.1. The van der Waals surface area contributed by atoms with Gasteiger partial charge >= 0.3 is 0 Å². The zero-order valence-electron chi connectivity index (χ0n) is 8.39. The van der Waals surface area contributed by atoms with Crippen molar-refractivity contribution < 1.29 is 0 Å². The molecule has 0 unspecified atom stereocenters. The summed E-state index contributed by atoms with van der Waals surface area (Å²) in [4.78, 5) is 0. The molecule has 0 aliphatic heterocycles. The Kier molecular flexibility index (Phi) is 10.4. The molecule has 0 aromatic rings. The van der Waals surface area contributed by atoms with Crippen molar-refractivity contribution in [1.29, 1.82) is 0 Å². The zero-order chi connectivity index (χ0) is 9.07. The van der Waals surface area contributed by atoms with E-state index in [1.54, 1.807) is 0 Å². The third kappa shape index (κ3) is 9.70. The minimum atomic E-state index is 0.690. The molecule has 0 aromatic heterocycles. The summed E-state index contributed by atoms with van der Waals surface area (Å²) in [5.74, 6) is 0. The fourth-order valence-electron chi connectivity index (χ4n) is 1.26. The molecule has 2 N–H and O–H groups in total. The second-order valence-corrected chi connectivity index (χ2v) is 3.26. The Bertz CT molecular complexity index is 97.2. The second-order valence-electron chi connectivity index (χ2n) is 3.26. The van der Waals surface area contributed by atoms with Crippen molar-refractivity contribution in [2.45, 2.75) is 51.9 Å². The Balaban J connectivity index is 2.86. The number of hydrogen-bond donors (Lipinski definition) is 1. The Morgan fingerprint density at radius 2 is 1.58 bits per heavy atom. The van der Waals surface area contributed by atoms with Crippen LogP contribution in [-0.2, 0) is 0 Å². The number of rotatable bonds is 8. The summed E-state index contributed by atoms with van der Waals surface area (Å²) < 4.78 is 0. The van der Waals surface area contributed by atoms with E-state index >= 15 is 0 Å². The Morgan fingerprint density at radius 3 is 2.25 bits per heavy atom. The standard InChI is InChI=1S/C11H23N/c1-2-3-4-5-6-7-8-9-10-11-12/h9-10H,2-8,11-12H2,1H3/b10-9+. The van der Waals surface area contributed by atoms with E-state index in [1.807, 2.05) is 6.08 Å². The maximum absolute atomic E-state index is 5.32. The predicted octanol–water partition coefficient (Wildman–Crippen LogP) is 3.25. The van der Waals surface area contributed by atoms with Crippen LogP contribution in [0.5, 0.6) is 0 Å². The van der Waals surface area contributed by atoms with Gasteiger partial charge in [0.05, 0.1) is 0 Å².